The van der Waals surface area contributed by atoms with E-state index >= 15 is 0 Å². The molecule has 0 amide bonds. The summed E-state index contributed by atoms with van der Waals surface area (Å²) < 4.78 is 56.6. The predicted octanol–water partition coefficient (Wildman–Crippen LogP) is 7.04. The first-order valence-electron chi connectivity index (χ1n) is 14.3. The summed E-state index contributed by atoms with van der Waals surface area (Å²) in [5, 5.41) is 21.9. The van der Waals surface area contributed by atoms with Crippen molar-refractivity contribution in [3.05, 3.63) is 84.7 Å². The minimum absolute atomic E-state index is 0. The molecule has 19 heteroatoms. The SMILES string of the molecule is FC(F)c1ncncc1-c1nc2ccc(Cl)nc2n1C1CC1.N#Cc1ccc2nc(-c3cncnc3C(F)F)n(C3CC3)c2n1.[C-]#N.[C-]#N.[Zn+2]. The van der Waals surface area contributed by atoms with Gasteiger partial charge in [0.15, 0.2) is 11.3 Å². The Morgan fingerprint density at radius 2 is 1.14 bits per heavy atom. The third kappa shape index (κ3) is 7.55. The number of aromatic nitrogens is 10. The summed E-state index contributed by atoms with van der Waals surface area (Å²) in [7, 11) is 0. The van der Waals surface area contributed by atoms with Crippen LogP contribution in [0.5, 0.6) is 0 Å². The van der Waals surface area contributed by atoms with Crippen LogP contribution in [0.4, 0.5) is 17.6 Å². The Kier molecular flexibility index (Phi) is 12.1. The molecule has 0 aromatic carbocycles. The molecule has 0 unspecified atom stereocenters. The second kappa shape index (κ2) is 16.3. The van der Waals surface area contributed by atoms with Gasteiger partial charge in [-0.1, -0.05) is 11.6 Å². The van der Waals surface area contributed by atoms with E-state index in [2.05, 4.69) is 39.9 Å². The number of nitriles is 1. The fourth-order valence-corrected chi connectivity index (χ4v) is 5.24. The van der Waals surface area contributed by atoms with Crippen LogP contribution in [0.25, 0.3) is 45.1 Å². The smallest absolute Gasteiger partial charge is 0.512 e. The molecule has 6 aromatic heterocycles. The van der Waals surface area contributed by atoms with Crippen LogP contribution in [0.2, 0.25) is 5.15 Å². The first-order valence-corrected chi connectivity index (χ1v) is 14.7. The predicted molar refractivity (Wildman–Crippen MR) is 163 cm³/mol. The van der Waals surface area contributed by atoms with Crippen molar-refractivity contribution >= 4 is 33.9 Å². The molecule has 0 saturated heterocycles. The second-order valence-electron chi connectivity index (χ2n) is 10.4. The Bertz CT molecular complexity index is 2200. The van der Waals surface area contributed by atoms with Gasteiger partial charge in [0.2, 0.25) is 0 Å². The molecular weight excluding hydrogens is 731 g/mol. The molecular formula is C31H20ClF4N13Zn. The number of hydrogen-bond donors (Lipinski definition) is 0. The van der Waals surface area contributed by atoms with Crippen LogP contribution in [-0.2, 0) is 19.5 Å². The van der Waals surface area contributed by atoms with Gasteiger partial charge in [-0.15, -0.1) is 0 Å². The van der Waals surface area contributed by atoms with Crippen LogP contribution in [0, 0.1) is 35.0 Å². The third-order valence-electron chi connectivity index (χ3n) is 7.36. The fourth-order valence-electron chi connectivity index (χ4n) is 5.09. The largest absolute Gasteiger partial charge is 2.00 e. The number of halogens is 5. The zero-order valence-corrected chi connectivity index (χ0v) is 29.4. The minimum atomic E-state index is -2.72. The zero-order valence-electron chi connectivity index (χ0n) is 25.7. The summed E-state index contributed by atoms with van der Waals surface area (Å²) in [6.07, 6.45) is 3.30. The van der Waals surface area contributed by atoms with Gasteiger partial charge in [-0.3, -0.25) is 0 Å². The standard InChI is InChI=1S/C15H10F2N6.C14H10ClF2N5.2CN.Zn/c16-13(17)12-10(6-19-7-20-12)14-22-11-4-1-8(5-18)21-15(11)23(14)9-2-3-9;15-10-4-3-9-14(21-10)22(7-1-2-7)13(20-9)8-5-18-6-19-11(8)12(16)17;2*1-2;/h1,4,6-7,9,13H,2-3H2;3-7,12H,1-2H2;;;/q;;2*-1;+2. The average molecular weight is 751 g/mol. The quantitative estimate of drug-likeness (QED) is 0.0736. The molecule has 6 aromatic rings. The van der Waals surface area contributed by atoms with Gasteiger partial charge in [-0.05, 0) is 49.9 Å². The van der Waals surface area contributed by atoms with Crippen molar-refractivity contribution in [2.24, 2.45) is 0 Å². The summed E-state index contributed by atoms with van der Waals surface area (Å²) >= 11 is 5.96. The zero-order chi connectivity index (χ0) is 35.2. The van der Waals surface area contributed by atoms with E-state index < -0.39 is 12.9 Å². The van der Waals surface area contributed by atoms with Crippen LogP contribution in [0.3, 0.4) is 0 Å². The monoisotopic (exact) mass is 749 g/mol. The molecule has 13 nitrogen and oxygen atoms in total. The minimum Gasteiger partial charge on any atom is -0.512 e. The summed E-state index contributed by atoms with van der Waals surface area (Å²) in [4.78, 5) is 32.6. The van der Waals surface area contributed by atoms with Gasteiger partial charge in [0, 0.05) is 24.5 Å². The molecule has 0 bridgehead atoms. The van der Waals surface area contributed by atoms with Gasteiger partial charge in [0.25, 0.3) is 12.9 Å². The average Bonchev–Trinajstić information content (AvgIpc) is 4.08. The normalized spacial score (nSPS) is 13.2. The van der Waals surface area contributed by atoms with E-state index in [0.29, 0.717) is 39.1 Å². The number of rotatable bonds is 6. The van der Waals surface area contributed by atoms with E-state index in [9.17, 15) is 17.6 Å². The van der Waals surface area contributed by atoms with Gasteiger partial charge in [-0.2, -0.15) is 5.26 Å². The summed E-state index contributed by atoms with van der Waals surface area (Å²) in [6.45, 7) is 9.50. The Balaban J connectivity index is 0.000000201. The number of fused-ring (bicyclic) bond motifs is 2. The molecule has 2 saturated carbocycles. The van der Waals surface area contributed by atoms with E-state index in [1.165, 1.54) is 12.4 Å². The Morgan fingerprint density at radius 3 is 1.56 bits per heavy atom. The molecule has 8 rings (SSSR count). The van der Waals surface area contributed by atoms with Gasteiger partial charge in [-0.25, -0.2) is 57.4 Å². The van der Waals surface area contributed by atoms with Crippen LogP contribution in [-0.4, -0.2) is 49.0 Å². The van der Waals surface area contributed by atoms with Crippen LogP contribution < -0.4 is 0 Å². The Morgan fingerprint density at radius 1 is 0.700 bits per heavy atom. The number of nitrogens with zero attached hydrogens (tertiary/aromatic N) is 13. The molecule has 0 spiro atoms. The van der Waals surface area contributed by atoms with Gasteiger partial charge in [0.05, 0.1) is 11.1 Å². The third-order valence-corrected chi connectivity index (χ3v) is 7.57. The molecule has 2 aliphatic carbocycles. The molecule has 246 valence electrons. The van der Waals surface area contributed by atoms with E-state index in [-0.39, 0.29) is 59.8 Å². The Labute approximate surface area is 299 Å². The van der Waals surface area contributed by atoms with Crippen molar-refractivity contribution in [2.75, 3.05) is 0 Å². The molecule has 2 aliphatic rings. The summed E-state index contributed by atoms with van der Waals surface area (Å²) in [6, 6.07) is 8.95. The number of imidazole rings is 2. The van der Waals surface area contributed by atoms with Crippen LogP contribution in [0.15, 0.2) is 49.3 Å². The summed E-state index contributed by atoms with van der Waals surface area (Å²) in [5.74, 6) is 0.796. The number of alkyl halides is 4. The molecule has 6 heterocycles. The maximum Gasteiger partial charge on any atom is 2.00 e. The molecule has 0 atom stereocenters. The first-order chi connectivity index (χ1) is 23.8. The molecule has 0 radical (unpaired) electrons. The molecule has 2 fully saturated rings. The van der Waals surface area contributed by atoms with E-state index in [1.54, 1.807) is 24.3 Å². The maximum atomic E-state index is 13.2. The van der Waals surface area contributed by atoms with E-state index in [4.69, 9.17) is 40.5 Å². The van der Waals surface area contributed by atoms with Gasteiger partial charge >= 0.3 is 19.5 Å². The van der Waals surface area contributed by atoms with E-state index in [1.807, 2.05) is 15.2 Å². The molecule has 0 N–H and O–H groups in total. The van der Waals surface area contributed by atoms with Crippen molar-refractivity contribution in [3.8, 4) is 28.8 Å². The Hall–Kier alpha value is -5.50. The summed E-state index contributed by atoms with van der Waals surface area (Å²) in [5.41, 5.74) is 2.36. The van der Waals surface area contributed by atoms with Crippen molar-refractivity contribution in [2.45, 2.75) is 50.6 Å². The first kappa shape index (κ1) is 37.3. The van der Waals surface area contributed by atoms with E-state index in [0.717, 1.165) is 38.3 Å². The fraction of sp³-hybridized carbons (Fsp3) is 0.258. The van der Waals surface area contributed by atoms with Gasteiger partial charge in [0.1, 0.15) is 63.6 Å². The van der Waals surface area contributed by atoms with Gasteiger partial charge < -0.3 is 32.8 Å². The van der Waals surface area contributed by atoms with Crippen LogP contribution >= 0.6 is 11.6 Å². The molecule has 0 aliphatic heterocycles. The van der Waals surface area contributed by atoms with Crippen LogP contribution in [0.1, 0.15) is 67.7 Å². The van der Waals surface area contributed by atoms with Crippen molar-refractivity contribution < 1.29 is 37.0 Å². The number of hydrogen-bond acceptors (Lipinski definition) is 11. The van der Waals surface area contributed by atoms with Crippen molar-refractivity contribution in [3.63, 3.8) is 0 Å². The molecule has 50 heavy (non-hydrogen) atoms. The topological polar surface area (TPSA) is 184 Å². The second-order valence-corrected chi connectivity index (χ2v) is 10.8. The van der Waals surface area contributed by atoms with Crippen molar-refractivity contribution in [1.29, 1.82) is 15.8 Å². The maximum absolute atomic E-state index is 13.2. The van der Waals surface area contributed by atoms with Crippen molar-refractivity contribution in [1.82, 2.24) is 49.0 Å². The number of pyridine rings is 2.